The second-order valence-electron chi connectivity index (χ2n) is 15.0. The first-order chi connectivity index (χ1) is 29.8. The number of hydrogen-bond donors (Lipinski definition) is 0. The number of aromatic nitrogens is 3. The van der Waals surface area contributed by atoms with Gasteiger partial charge in [-0.2, -0.15) is 0 Å². The lowest BCUT2D eigenvalue weighted by molar-refractivity contribution is 0.669. The number of rotatable bonds is 6. The molecule has 0 amide bonds. The van der Waals surface area contributed by atoms with Crippen LogP contribution in [0.15, 0.2) is 209 Å². The molecule has 0 saturated carbocycles. The van der Waals surface area contributed by atoms with E-state index in [9.17, 15) is 0 Å². The molecule has 0 radical (unpaired) electrons. The van der Waals surface area contributed by atoms with Crippen LogP contribution in [0.1, 0.15) is 0 Å². The van der Waals surface area contributed by atoms with Gasteiger partial charge >= 0.3 is 0 Å². The van der Waals surface area contributed by atoms with Gasteiger partial charge in [0.1, 0.15) is 22.3 Å². The standard InChI is InChI=1S/C55H33N3O2/c1-3-16-34(17-4-1)36-20-7-8-21-38(36)43-33-32-39-37(35-18-5-2-6-19-35)24-13-25-42(39)50(43)55-57-53(46-28-14-26-44-40-22-9-11-30-48(40)59-51(44)46)56-54(58-55)47-29-15-27-45-41-23-10-12-31-49(41)60-52(45)47/h1-33H. The maximum absolute atomic E-state index is 6.61. The van der Waals surface area contributed by atoms with Gasteiger partial charge in [-0.1, -0.05) is 176 Å². The highest BCUT2D eigenvalue weighted by Gasteiger charge is 2.24. The summed E-state index contributed by atoms with van der Waals surface area (Å²) in [5.41, 5.74) is 12.1. The molecule has 12 aromatic rings. The fourth-order valence-corrected chi connectivity index (χ4v) is 8.86. The first-order valence-electron chi connectivity index (χ1n) is 20.1. The Morgan fingerprint density at radius 2 is 0.683 bits per heavy atom. The van der Waals surface area contributed by atoms with E-state index in [0.29, 0.717) is 17.5 Å². The maximum atomic E-state index is 6.61. The molecule has 0 fully saturated rings. The van der Waals surface area contributed by atoms with Gasteiger partial charge in [0.15, 0.2) is 17.5 Å². The average molecular weight is 768 g/mol. The minimum absolute atomic E-state index is 0.506. The molecule has 0 bridgehead atoms. The van der Waals surface area contributed by atoms with Gasteiger partial charge in [-0.25, -0.2) is 15.0 Å². The largest absolute Gasteiger partial charge is 0.455 e. The summed E-state index contributed by atoms with van der Waals surface area (Å²) >= 11 is 0. The lowest BCUT2D eigenvalue weighted by Gasteiger charge is -2.18. The van der Waals surface area contributed by atoms with Crippen molar-refractivity contribution in [1.82, 2.24) is 15.0 Å². The van der Waals surface area contributed by atoms with Crippen molar-refractivity contribution in [3.63, 3.8) is 0 Å². The molecule has 5 heteroatoms. The molecule has 0 saturated heterocycles. The fourth-order valence-electron chi connectivity index (χ4n) is 8.86. The van der Waals surface area contributed by atoms with Crippen LogP contribution >= 0.6 is 0 Å². The maximum Gasteiger partial charge on any atom is 0.167 e. The molecule has 280 valence electrons. The number of benzene rings is 9. The average Bonchev–Trinajstić information content (AvgIpc) is 3.90. The van der Waals surface area contributed by atoms with Crippen LogP contribution in [-0.4, -0.2) is 15.0 Å². The van der Waals surface area contributed by atoms with Crippen LogP contribution in [0, 0.1) is 0 Å². The van der Waals surface area contributed by atoms with Crippen LogP contribution in [0.2, 0.25) is 0 Å². The van der Waals surface area contributed by atoms with Crippen LogP contribution < -0.4 is 0 Å². The number of furan rings is 2. The monoisotopic (exact) mass is 767 g/mol. The van der Waals surface area contributed by atoms with Crippen LogP contribution in [-0.2, 0) is 0 Å². The highest BCUT2D eigenvalue weighted by Crippen LogP contribution is 2.45. The fraction of sp³-hybridized carbons (Fsp3) is 0. The third kappa shape index (κ3) is 5.44. The van der Waals surface area contributed by atoms with Crippen molar-refractivity contribution in [3.8, 4) is 67.5 Å². The third-order valence-corrected chi connectivity index (χ3v) is 11.6. The zero-order valence-corrected chi connectivity index (χ0v) is 32.2. The lowest BCUT2D eigenvalue weighted by atomic mass is 9.87. The molecule has 0 atom stereocenters. The van der Waals surface area contributed by atoms with Crippen LogP contribution in [0.5, 0.6) is 0 Å². The van der Waals surface area contributed by atoms with Crippen LogP contribution in [0.25, 0.3) is 122 Å². The van der Waals surface area contributed by atoms with Gasteiger partial charge in [-0.05, 0) is 68.4 Å². The number of hydrogen-bond acceptors (Lipinski definition) is 5. The van der Waals surface area contributed by atoms with Gasteiger partial charge in [-0.15, -0.1) is 0 Å². The second kappa shape index (κ2) is 13.8. The Bertz CT molecular complexity index is 3470. The molecule has 3 heterocycles. The Kier molecular flexibility index (Phi) is 7.78. The minimum Gasteiger partial charge on any atom is -0.455 e. The van der Waals surface area contributed by atoms with E-state index in [1.165, 1.54) is 0 Å². The van der Waals surface area contributed by atoms with E-state index < -0.39 is 0 Å². The highest BCUT2D eigenvalue weighted by molar-refractivity contribution is 6.12. The van der Waals surface area contributed by atoms with E-state index in [0.717, 1.165) is 105 Å². The van der Waals surface area contributed by atoms with Crippen molar-refractivity contribution in [3.05, 3.63) is 200 Å². The Balaban J connectivity index is 1.20. The van der Waals surface area contributed by atoms with Crippen molar-refractivity contribution in [2.24, 2.45) is 0 Å². The quantitative estimate of drug-likeness (QED) is 0.169. The summed E-state index contributed by atoms with van der Waals surface area (Å²) in [5.74, 6) is 1.56. The van der Waals surface area contributed by atoms with Crippen molar-refractivity contribution < 1.29 is 8.83 Å². The van der Waals surface area contributed by atoms with Crippen molar-refractivity contribution >= 4 is 54.6 Å². The molecular formula is C55H33N3O2. The van der Waals surface area contributed by atoms with E-state index in [2.05, 4.69) is 140 Å². The second-order valence-corrected chi connectivity index (χ2v) is 15.0. The Hall–Kier alpha value is -8.15. The van der Waals surface area contributed by atoms with Gasteiger partial charge in [-0.3, -0.25) is 0 Å². The summed E-state index contributed by atoms with van der Waals surface area (Å²) < 4.78 is 13.2. The van der Waals surface area contributed by atoms with Gasteiger partial charge in [0.25, 0.3) is 0 Å². The predicted octanol–water partition coefficient (Wildman–Crippen LogP) is 14.8. The number of nitrogens with zero attached hydrogens (tertiary/aromatic N) is 3. The summed E-state index contributed by atoms with van der Waals surface area (Å²) in [6.07, 6.45) is 0. The molecule has 0 aliphatic rings. The minimum atomic E-state index is 0.506. The molecule has 60 heavy (non-hydrogen) atoms. The molecule has 0 aliphatic heterocycles. The molecule has 12 rings (SSSR count). The normalized spacial score (nSPS) is 11.7. The molecule has 9 aromatic carbocycles. The van der Waals surface area contributed by atoms with Crippen molar-refractivity contribution in [2.45, 2.75) is 0 Å². The SMILES string of the molecule is c1ccc(-c2ccccc2-c2ccc3c(-c4ccccc4)cccc3c2-c2nc(-c3cccc4c3oc3ccccc34)nc(-c3cccc4c3oc3ccccc34)n2)cc1. The molecule has 0 unspecified atom stereocenters. The molecule has 0 aliphatic carbocycles. The Morgan fingerprint density at radius 3 is 1.28 bits per heavy atom. The first-order valence-corrected chi connectivity index (χ1v) is 20.1. The Labute approximate surface area is 344 Å². The van der Waals surface area contributed by atoms with Gasteiger partial charge in [0.05, 0.1) is 11.1 Å². The molecule has 5 nitrogen and oxygen atoms in total. The van der Waals surface area contributed by atoms with Gasteiger partial charge in [0.2, 0.25) is 0 Å². The molecule has 0 N–H and O–H groups in total. The Morgan fingerprint density at radius 1 is 0.250 bits per heavy atom. The number of fused-ring (bicyclic) bond motifs is 7. The summed E-state index contributed by atoms with van der Waals surface area (Å²) in [7, 11) is 0. The zero-order valence-electron chi connectivity index (χ0n) is 32.2. The predicted molar refractivity (Wildman–Crippen MR) is 245 cm³/mol. The van der Waals surface area contributed by atoms with Crippen molar-refractivity contribution in [1.29, 1.82) is 0 Å². The van der Waals surface area contributed by atoms with Crippen LogP contribution in [0.3, 0.4) is 0 Å². The molecule has 3 aromatic heterocycles. The van der Waals surface area contributed by atoms with Crippen molar-refractivity contribution in [2.75, 3.05) is 0 Å². The molecule has 0 spiro atoms. The topological polar surface area (TPSA) is 65.0 Å². The van der Waals surface area contributed by atoms with Gasteiger partial charge in [0, 0.05) is 27.1 Å². The number of para-hydroxylation sites is 4. The smallest absolute Gasteiger partial charge is 0.167 e. The van der Waals surface area contributed by atoms with Crippen LogP contribution in [0.4, 0.5) is 0 Å². The summed E-state index contributed by atoms with van der Waals surface area (Å²) in [6.45, 7) is 0. The van der Waals surface area contributed by atoms with E-state index in [-0.39, 0.29) is 0 Å². The zero-order chi connectivity index (χ0) is 39.6. The first kappa shape index (κ1) is 33.9. The highest BCUT2D eigenvalue weighted by atomic mass is 16.3. The van der Waals surface area contributed by atoms with E-state index in [1.54, 1.807) is 0 Å². The van der Waals surface area contributed by atoms with E-state index in [4.69, 9.17) is 23.8 Å². The third-order valence-electron chi connectivity index (χ3n) is 11.6. The summed E-state index contributed by atoms with van der Waals surface area (Å²) in [6, 6.07) is 69.3. The lowest BCUT2D eigenvalue weighted by Crippen LogP contribution is -2.02. The summed E-state index contributed by atoms with van der Waals surface area (Å²) in [4.78, 5) is 16.3. The van der Waals surface area contributed by atoms with E-state index in [1.807, 2.05) is 60.7 Å². The van der Waals surface area contributed by atoms with Gasteiger partial charge < -0.3 is 8.83 Å². The van der Waals surface area contributed by atoms with E-state index >= 15 is 0 Å². The summed E-state index contributed by atoms with van der Waals surface area (Å²) in [5, 5.41) is 6.21. The molecular weight excluding hydrogens is 735 g/mol.